The Hall–Kier alpha value is -6.83. The van der Waals surface area contributed by atoms with E-state index in [1.807, 2.05) is 48.5 Å². The van der Waals surface area contributed by atoms with Gasteiger partial charge in [0.1, 0.15) is 11.5 Å². The van der Waals surface area contributed by atoms with Gasteiger partial charge < -0.3 is 4.74 Å². The van der Waals surface area contributed by atoms with Crippen molar-refractivity contribution in [3.05, 3.63) is 180 Å². The van der Waals surface area contributed by atoms with Crippen LogP contribution in [0.4, 0.5) is 0 Å². The maximum absolute atomic E-state index is 10.0. The monoisotopic (exact) mass is 667 g/mol. The average Bonchev–Trinajstić information content (AvgIpc) is 3.20. The molecule has 0 saturated carbocycles. The highest BCUT2D eigenvalue weighted by atomic mass is 16.5. The molecule has 0 fully saturated rings. The Kier molecular flexibility index (Phi) is 7.49. The van der Waals surface area contributed by atoms with Gasteiger partial charge in [0.15, 0.2) is 5.82 Å². The number of nitriles is 1. The number of para-hydroxylation sites is 2. The van der Waals surface area contributed by atoms with Gasteiger partial charge in [0, 0.05) is 33.1 Å². The van der Waals surface area contributed by atoms with Crippen molar-refractivity contribution >= 4 is 10.9 Å². The van der Waals surface area contributed by atoms with Crippen LogP contribution >= 0.6 is 0 Å². The van der Waals surface area contributed by atoms with Crippen LogP contribution in [-0.4, -0.2) is 9.97 Å². The number of nitrogens with zero attached hydrogens (tertiary/aromatic N) is 3. The number of ether oxygens (including phenoxy) is 1. The van der Waals surface area contributed by atoms with Gasteiger partial charge in [-0.3, -0.25) is 0 Å². The van der Waals surface area contributed by atoms with Crippen LogP contribution in [0.3, 0.4) is 0 Å². The summed E-state index contributed by atoms with van der Waals surface area (Å²) in [6.45, 7) is 4.46. The SMILES string of the molecule is CC1(C)c2ccccc2Oc2cc(C#N)cc(-c3cccc(-c4cccc(-c5nc(-c6ccccc6-c6ccccc6)nc6ccccc56)c4)c3)c21. The van der Waals surface area contributed by atoms with Gasteiger partial charge in [-0.05, 0) is 69.8 Å². The van der Waals surface area contributed by atoms with Gasteiger partial charge >= 0.3 is 0 Å². The van der Waals surface area contributed by atoms with Gasteiger partial charge in [0.2, 0.25) is 0 Å². The van der Waals surface area contributed by atoms with E-state index in [0.29, 0.717) is 11.4 Å². The van der Waals surface area contributed by atoms with Crippen LogP contribution in [0, 0.1) is 11.3 Å². The highest BCUT2D eigenvalue weighted by Gasteiger charge is 2.37. The number of hydrogen-bond acceptors (Lipinski definition) is 4. The normalized spacial score (nSPS) is 12.7. The summed E-state index contributed by atoms with van der Waals surface area (Å²) >= 11 is 0. The number of benzene rings is 7. The molecule has 246 valence electrons. The molecule has 2 heterocycles. The van der Waals surface area contributed by atoms with Crippen molar-refractivity contribution < 1.29 is 4.74 Å². The molecule has 4 nitrogen and oxygen atoms in total. The van der Waals surface area contributed by atoms with Crippen LogP contribution in [0.15, 0.2) is 164 Å². The molecular weight excluding hydrogens is 635 g/mol. The molecule has 0 saturated heterocycles. The summed E-state index contributed by atoms with van der Waals surface area (Å²) in [6, 6.07) is 58.5. The van der Waals surface area contributed by atoms with Crippen molar-refractivity contribution in [1.29, 1.82) is 5.26 Å². The quantitative estimate of drug-likeness (QED) is 0.183. The van der Waals surface area contributed by atoms with Crippen molar-refractivity contribution in [2.45, 2.75) is 19.3 Å². The first kappa shape index (κ1) is 31.2. The first-order valence-corrected chi connectivity index (χ1v) is 17.5. The molecule has 7 aromatic carbocycles. The van der Waals surface area contributed by atoms with Crippen LogP contribution in [0.25, 0.3) is 66.9 Å². The van der Waals surface area contributed by atoms with Gasteiger partial charge in [-0.2, -0.15) is 5.26 Å². The molecule has 0 atom stereocenters. The maximum atomic E-state index is 10.0. The average molecular weight is 668 g/mol. The summed E-state index contributed by atoms with van der Waals surface area (Å²) in [5.41, 5.74) is 12.6. The van der Waals surface area contributed by atoms with Gasteiger partial charge in [0.25, 0.3) is 0 Å². The molecule has 0 spiro atoms. The molecule has 4 heteroatoms. The van der Waals surface area contributed by atoms with Crippen molar-refractivity contribution in [1.82, 2.24) is 9.97 Å². The minimum absolute atomic E-state index is 0.339. The number of hydrogen-bond donors (Lipinski definition) is 0. The molecule has 52 heavy (non-hydrogen) atoms. The van der Waals surface area contributed by atoms with E-state index in [0.717, 1.165) is 83.7 Å². The summed E-state index contributed by atoms with van der Waals surface area (Å²) in [5.74, 6) is 2.25. The van der Waals surface area contributed by atoms with Gasteiger partial charge in [-0.25, -0.2) is 9.97 Å². The summed E-state index contributed by atoms with van der Waals surface area (Å²) in [4.78, 5) is 10.3. The molecule has 0 aliphatic carbocycles. The third-order valence-corrected chi connectivity index (χ3v) is 10.1. The fraction of sp³-hybridized carbons (Fsp3) is 0.0625. The van der Waals surface area contributed by atoms with Gasteiger partial charge in [-0.15, -0.1) is 0 Å². The van der Waals surface area contributed by atoms with Crippen LogP contribution in [0.1, 0.15) is 30.5 Å². The predicted octanol–water partition coefficient (Wildman–Crippen LogP) is 12.3. The Morgan fingerprint density at radius 2 is 1.15 bits per heavy atom. The molecule has 1 aromatic heterocycles. The zero-order valence-corrected chi connectivity index (χ0v) is 28.8. The molecule has 8 aromatic rings. The Morgan fingerprint density at radius 3 is 1.96 bits per heavy atom. The zero-order valence-electron chi connectivity index (χ0n) is 28.8. The topological polar surface area (TPSA) is 58.8 Å². The molecule has 0 radical (unpaired) electrons. The number of aromatic nitrogens is 2. The fourth-order valence-electron chi connectivity index (χ4n) is 7.63. The second kappa shape index (κ2) is 12.5. The number of rotatable bonds is 5. The second-order valence-electron chi connectivity index (χ2n) is 13.7. The molecule has 1 aliphatic rings. The molecular formula is C48H33N3O. The third kappa shape index (κ3) is 5.32. The largest absolute Gasteiger partial charge is 0.457 e. The second-order valence-corrected chi connectivity index (χ2v) is 13.7. The van der Waals surface area contributed by atoms with E-state index >= 15 is 0 Å². The lowest BCUT2D eigenvalue weighted by Gasteiger charge is -2.36. The third-order valence-electron chi connectivity index (χ3n) is 10.1. The molecule has 0 bridgehead atoms. The van der Waals surface area contributed by atoms with E-state index < -0.39 is 0 Å². The fourth-order valence-corrected chi connectivity index (χ4v) is 7.63. The first-order chi connectivity index (χ1) is 25.5. The van der Waals surface area contributed by atoms with Crippen molar-refractivity contribution in [2.75, 3.05) is 0 Å². The van der Waals surface area contributed by atoms with E-state index in [4.69, 9.17) is 14.7 Å². The first-order valence-electron chi connectivity index (χ1n) is 17.5. The summed E-state index contributed by atoms with van der Waals surface area (Å²) in [5, 5.41) is 11.0. The van der Waals surface area contributed by atoms with Crippen LogP contribution in [0.5, 0.6) is 11.5 Å². The molecule has 9 rings (SSSR count). The Balaban J connectivity index is 1.17. The lowest BCUT2D eigenvalue weighted by molar-refractivity contribution is 0.418. The predicted molar refractivity (Wildman–Crippen MR) is 210 cm³/mol. The van der Waals surface area contributed by atoms with Crippen LogP contribution in [-0.2, 0) is 5.41 Å². The minimum Gasteiger partial charge on any atom is -0.457 e. The summed E-state index contributed by atoms with van der Waals surface area (Å²) < 4.78 is 6.44. The van der Waals surface area contributed by atoms with E-state index in [1.54, 1.807) is 0 Å². The highest BCUT2D eigenvalue weighted by molar-refractivity contribution is 5.95. The Bertz CT molecular complexity index is 2710. The van der Waals surface area contributed by atoms with Crippen LogP contribution in [0.2, 0.25) is 0 Å². The molecule has 0 N–H and O–H groups in total. The van der Waals surface area contributed by atoms with E-state index in [2.05, 4.69) is 135 Å². The van der Waals surface area contributed by atoms with E-state index in [9.17, 15) is 5.26 Å². The minimum atomic E-state index is -0.339. The van der Waals surface area contributed by atoms with Gasteiger partial charge in [-0.1, -0.05) is 141 Å². The molecule has 0 unspecified atom stereocenters. The zero-order chi connectivity index (χ0) is 35.2. The smallest absolute Gasteiger partial charge is 0.161 e. The van der Waals surface area contributed by atoms with E-state index in [-0.39, 0.29) is 5.41 Å². The molecule has 0 amide bonds. The Labute approximate surface area is 303 Å². The number of fused-ring (bicyclic) bond motifs is 3. The van der Waals surface area contributed by atoms with Crippen molar-refractivity contribution in [2.24, 2.45) is 0 Å². The standard InChI is InChI=1S/C48H33N3O/c1-48(2)41-23-9-11-25-43(41)52-44-27-31(30-49)26-40(45(44)48)35-18-12-16-33(28-35)34-17-13-19-36(29-34)46-39-22-8-10-24-42(39)50-47(51-46)38-21-7-6-20-37(38)32-14-4-3-5-15-32/h3-29H,1-2H3. The maximum Gasteiger partial charge on any atom is 0.161 e. The van der Waals surface area contributed by atoms with E-state index in [1.165, 1.54) is 0 Å². The molecule has 1 aliphatic heterocycles. The van der Waals surface area contributed by atoms with Gasteiger partial charge in [0.05, 0.1) is 22.8 Å². The summed E-state index contributed by atoms with van der Waals surface area (Å²) in [6.07, 6.45) is 0. The van der Waals surface area contributed by atoms with Crippen LogP contribution < -0.4 is 4.74 Å². The highest BCUT2D eigenvalue weighted by Crippen LogP contribution is 2.52. The van der Waals surface area contributed by atoms with Crippen molar-refractivity contribution in [3.8, 4) is 73.6 Å². The van der Waals surface area contributed by atoms with Crippen molar-refractivity contribution in [3.63, 3.8) is 0 Å². The lowest BCUT2D eigenvalue weighted by Crippen LogP contribution is -2.25. The summed E-state index contributed by atoms with van der Waals surface area (Å²) in [7, 11) is 0. The lowest BCUT2D eigenvalue weighted by atomic mass is 9.72. The Morgan fingerprint density at radius 1 is 0.519 bits per heavy atom.